The van der Waals surface area contributed by atoms with Crippen molar-refractivity contribution in [1.82, 2.24) is 9.88 Å². The van der Waals surface area contributed by atoms with E-state index >= 15 is 0 Å². The zero-order valence-electron chi connectivity index (χ0n) is 8.75. The summed E-state index contributed by atoms with van der Waals surface area (Å²) in [6.45, 7) is 4.23. The van der Waals surface area contributed by atoms with Gasteiger partial charge >= 0.3 is 0 Å². The van der Waals surface area contributed by atoms with Gasteiger partial charge in [-0.2, -0.15) is 4.39 Å². The van der Waals surface area contributed by atoms with Gasteiger partial charge in [-0.1, -0.05) is 6.07 Å². The lowest BCUT2D eigenvalue weighted by molar-refractivity contribution is 0.352. The second kappa shape index (κ2) is 5.07. The van der Waals surface area contributed by atoms with Gasteiger partial charge in [0.25, 0.3) is 0 Å². The maximum absolute atomic E-state index is 12.7. The number of pyridine rings is 1. The molecule has 1 saturated heterocycles. The van der Waals surface area contributed by atoms with E-state index in [9.17, 15) is 4.39 Å². The van der Waals surface area contributed by atoms with Crippen molar-refractivity contribution in [2.75, 3.05) is 31.5 Å². The van der Waals surface area contributed by atoms with Gasteiger partial charge in [-0.05, 0) is 38.1 Å². The highest BCUT2D eigenvalue weighted by atomic mass is 19.1. The summed E-state index contributed by atoms with van der Waals surface area (Å²) >= 11 is 0. The van der Waals surface area contributed by atoms with Gasteiger partial charge in [-0.15, -0.1) is 0 Å². The van der Waals surface area contributed by atoms with Crippen molar-refractivity contribution in [1.29, 1.82) is 0 Å². The van der Waals surface area contributed by atoms with Crippen molar-refractivity contribution >= 4 is 5.82 Å². The first kappa shape index (κ1) is 10.4. The molecule has 0 aliphatic carbocycles. The largest absolute Gasteiger partial charge is 0.369 e. The lowest BCUT2D eigenvalue weighted by Gasteiger charge is -2.14. The van der Waals surface area contributed by atoms with E-state index in [0.717, 1.165) is 13.1 Å². The molecule has 0 unspecified atom stereocenters. The van der Waals surface area contributed by atoms with Crippen molar-refractivity contribution in [2.45, 2.75) is 12.8 Å². The fourth-order valence-electron chi connectivity index (χ4n) is 1.86. The molecule has 0 spiro atoms. The SMILES string of the molecule is Fc1cccc(NCCN2CCCC2)n1. The van der Waals surface area contributed by atoms with Crippen LogP contribution in [0.3, 0.4) is 0 Å². The van der Waals surface area contributed by atoms with E-state index in [1.165, 1.54) is 32.0 Å². The number of nitrogens with one attached hydrogen (secondary N) is 1. The van der Waals surface area contributed by atoms with Crippen molar-refractivity contribution in [2.24, 2.45) is 0 Å². The van der Waals surface area contributed by atoms with Gasteiger partial charge in [0.05, 0.1) is 0 Å². The highest BCUT2D eigenvalue weighted by Crippen LogP contribution is 2.07. The molecule has 3 nitrogen and oxygen atoms in total. The van der Waals surface area contributed by atoms with Crippen LogP contribution >= 0.6 is 0 Å². The van der Waals surface area contributed by atoms with E-state index in [4.69, 9.17) is 0 Å². The predicted molar refractivity (Wildman–Crippen MR) is 58.4 cm³/mol. The summed E-state index contributed by atoms with van der Waals surface area (Å²) in [4.78, 5) is 6.15. The van der Waals surface area contributed by atoms with E-state index in [2.05, 4.69) is 15.2 Å². The second-order valence-corrected chi connectivity index (χ2v) is 3.82. The van der Waals surface area contributed by atoms with Gasteiger partial charge in [0.1, 0.15) is 5.82 Å². The number of likely N-dealkylation sites (tertiary alicyclic amines) is 1. The fraction of sp³-hybridized carbons (Fsp3) is 0.545. The number of anilines is 1. The number of nitrogens with zero attached hydrogens (tertiary/aromatic N) is 2. The molecule has 82 valence electrons. The quantitative estimate of drug-likeness (QED) is 0.765. The van der Waals surface area contributed by atoms with Crippen LogP contribution in [0.1, 0.15) is 12.8 Å². The number of halogens is 1. The molecule has 2 rings (SSSR count). The molecular formula is C11H16FN3. The lowest BCUT2D eigenvalue weighted by atomic mass is 10.4. The van der Waals surface area contributed by atoms with E-state index in [-0.39, 0.29) is 0 Å². The molecule has 1 aliphatic rings. The summed E-state index contributed by atoms with van der Waals surface area (Å²) < 4.78 is 12.7. The number of aromatic nitrogens is 1. The number of hydrogen-bond acceptors (Lipinski definition) is 3. The third-order valence-corrected chi connectivity index (χ3v) is 2.65. The average molecular weight is 209 g/mol. The third kappa shape index (κ3) is 3.16. The summed E-state index contributed by atoms with van der Waals surface area (Å²) in [5.41, 5.74) is 0. The van der Waals surface area contributed by atoms with Gasteiger partial charge in [-0.25, -0.2) is 4.98 Å². The average Bonchev–Trinajstić information content (AvgIpc) is 2.71. The Balaban J connectivity index is 1.73. The van der Waals surface area contributed by atoms with Gasteiger partial charge in [0.15, 0.2) is 0 Å². The van der Waals surface area contributed by atoms with E-state index < -0.39 is 5.95 Å². The normalized spacial score (nSPS) is 16.9. The Morgan fingerprint density at radius 2 is 2.13 bits per heavy atom. The van der Waals surface area contributed by atoms with Crippen LogP contribution in [0.15, 0.2) is 18.2 Å². The van der Waals surface area contributed by atoms with Crippen LogP contribution in [0.5, 0.6) is 0 Å². The minimum absolute atomic E-state index is 0.429. The first-order chi connectivity index (χ1) is 7.34. The Morgan fingerprint density at radius 1 is 1.33 bits per heavy atom. The van der Waals surface area contributed by atoms with Gasteiger partial charge in [0, 0.05) is 13.1 Å². The topological polar surface area (TPSA) is 28.2 Å². The van der Waals surface area contributed by atoms with Crippen LogP contribution in [0.4, 0.5) is 10.2 Å². The minimum Gasteiger partial charge on any atom is -0.369 e. The highest BCUT2D eigenvalue weighted by molar-refractivity contribution is 5.33. The molecule has 1 N–H and O–H groups in total. The van der Waals surface area contributed by atoms with Gasteiger partial charge < -0.3 is 10.2 Å². The number of rotatable bonds is 4. The monoisotopic (exact) mass is 209 g/mol. The van der Waals surface area contributed by atoms with Crippen molar-refractivity contribution < 1.29 is 4.39 Å². The predicted octanol–water partition coefficient (Wildman–Crippen LogP) is 1.73. The maximum atomic E-state index is 12.7. The molecule has 0 saturated carbocycles. The standard InChI is InChI=1S/C11H16FN3/c12-10-4-3-5-11(14-10)13-6-9-15-7-1-2-8-15/h3-5H,1-2,6-9H2,(H,13,14). The van der Waals surface area contributed by atoms with E-state index in [1.807, 2.05) is 0 Å². The summed E-state index contributed by atoms with van der Waals surface area (Å²) in [7, 11) is 0. The molecule has 1 fully saturated rings. The van der Waals surface area contributed by atoms with Crippen molar-refractivity contribution in [3.8, 4) is 0 Å². The molecule has 0 bridgehead atoms. The Kier molecular flexibility index (Phi) is 3.50. The Bertz CT molecular complexity index is 310. The molecule has 0 aromatic carbocycles. The van der Waals surface area contributed by atoms with Crippen molar-refractivity contribution in [3.05, 3.63) is 24.1 Å². The lowest BCUT2D eigenvalue weighted by Crippen LogP contribution is -2.26. The molecule has 1 aromatic rings. The summed E-state index contributed by atoms with van der Waals surface area (Å²) in [6, 6.07) is 4.80. The third-order valence-electron chi connectivity index (χ3n) is 2.65. The van der Waals surface area contributed by atoms with Crippen molar-refractivity contribution in [3.63, 3.8) is 0 Å². The van der Waals surface area contributed by atoms with Crippen LogP contribution in [0.25, 0.3) is 0 Å². The maximum Gasteiger partial charge on any atom is 0.214 e. The summed E-state index contributed by atoms with van der Waals surface area (Å²) in [5.74, 6) is 0.190. The Hall–Kier alpha value is -1.16. The van der Waals surface area contributed by atoms with Crippen LogP contribution in [-0.2, 0) is 0 Å². The van der Waals surface area contributed by atoms with E-state index in [1.54, 1.807) is 12.1 Å². The van der Waals surface area contributed by atoms with Crippen LogP contribution in [0.2, 0.25) is 0 Å². The van der Waals surface area contributed by atoms with Gasteiger partial charge in [-0.3, -0.25) is 0 Å². The Labute approximate surface area is 89.3 Å². The zero-order chi connectivity index (χ0) is 10.5. The summed E-state index contributed by atoms with van der Waals surface area (Å²) in [5, 5.41) is 3.12. The minimum atomic E-state index is -0.429. The first-order valence-corrected chi connectivity index (χ1v) is 5.43. The molecule has 1 aliphatic heterocycles. The highest BCUT2D eigenvalue weighted by Gasteiger charge is 2.10. The molecule has 2 heterocycles. The number of hydrogen-bond donors (Lipinski definition) is 1. The first-order valence-electron chi connectivity index (χ1n) is 5.43. The van der Waals surface area contributed by atoms with E-state index in [0.29, 0.717) is 5.82 Å². The second-order valence-electron chi connectivity index (χ2n) is 3.82. The van der Waals surface area contributed by atoms with Crippen LogP contribution in [0, 0.1) is 5.95 Å². The van der Waals surface area contributed by atoms with Gasteiger partial charge in [0.2, 0.25) is 5.95 Å². The summed E-state index contributed by atoms with van der Waals surface area (Å²) in [6.07, 6.45) is 2.61. The molecular weight excluding hydrogens is 193 g/mol. The van der Waals surface area contributed by atoms with Crippen LogP contribution in [-0.4, -0.2) is 36.1 Å². The fourth-order valence-corrected chi connectivity index (χ4v) is 1.86. The molecule has 15 heavy (non-hydrogen) atoms. The molecule has 4 heteroatoms. The molecule has 1 aromatic heterocycles. The zero-order valence-corrected chi connectivity index (χ0v) is 8.75. The molecule has 0 atom stereocenters. The Morgan fingerprint density at radius 3 is 2.87 bits per heavy atom. The molecule has 0 radical (unpaired) electrons. The molecule has 0 amide bonds. The van der Waals surface area contributed by atoms with Crippen LogP contribution < -0.4 is 5.32 Å². The smallest absolute Gasteiger partial charge is 0.214 e.